The Morgan fingerprint density at radius 3 is 2.58 bits per heavy atom. The first kappa shape index (κ1) is 16.3. The van der Waals surface area contributed by atoms with E-state index < -0.39 is 29.2 Å². The van der Waals surface area contributed by atoms with Crippen molar-refractivity contribution in [2.24, 2.45) is 0 Å². The molecule has 4 rings (SSSR count). The lowest BCUT2D eigenvalue weighted by molar-refractivity contribution is -0.140. The number of aromatic nitrogens is 2. The van der Waals surface area contributed by atoms with Gasteiger partial charge in [0.15, 0.2) is 0 Å². The summed E-state index contributed by atoms with van der Waals surface area (Å²) in [4.78, 5) is 50.4. The zero-order valence-electron chi connectivity index (χ0n) is 13.5. The Kier molecular flexibility index (Phi) is 3.41. The number of benzene rings is 1. The third-order valence-electron chi connectivity index (χ3n) is 4.65. The van der Waals surface area contributed by atoms with Crippen LogP contribution in [0.2, 0.25) is 0 Å². The number of rotatable bonds is 2. The number of amides is 4. The number of aromatic amines is 1. The van der Waals surface area contributed by atoms with E-state index in [1.165, 1.54) is 19.1 Å². The van der Waals surface area contributed by atoms with Crippen LogP contribution in [0.3, 0.4) is 0 Å². The molecule has 0 radical (unpaired) electrons. The van der Waals surface area contributed by atoms with Crippen molar-refractivity contribution in [3.8, 4) is 11.5 Å². The van der Waals surface area contributed by atoms with Gasteiger partial charge in [-0.2, -0.15) is 0 Å². The molecule has 26 heavy (non-hydrogen) atoms. The van der Waals surface area contributed by atoms with Crippen molar-refractivity contribution in [2.45, 2.75) is 25.3 Å². The number of hydrogen-bond donors (Lipinski definition) is 2. The number of carbonyl (C=O) groups excluding carboxylic acids is 4. The Morgan fingerprint density at radius 2 is 1.92 bits per heavy atom. The maximum atomic E-state index is 12.9. The zero-order valence-corrected chi connectivity index (χ0v) is 14.3. The number of hydrogen-bond acceptors (Lipinski definition) is 7. The van der Waals surface area contributed by atoms with Crippen LogP contribution in [-0.4, -0.2) is 44.3 Å². The van der Waals surface area contributed by atoms with E-state index >= 15 is 0 Å². The summed E-state index contributed by atoms with van der Waals surface area (Å²) in [5, 5.41) is 8.56. The van der Waals surface area contributed by atoms with Crippen LogP contribution in [-0.2, 0) is 9.59 Å². The van der Waals surface area contributed by atoms with Crippen molar-refractivity contribution in [1.29, 1.82) is 0 Å². The number of nitrogens with one attached hydrogen (secondary N) is 2. The highest BCUT2D eigenvalue weighted by atomic mass is 32.1. The smallest absolute Gasteiger partial charge is 0.284 e. The number of fused-ring (bicyclic) bond motifs is 1. The molecule has 0 aliphatic carbocycles. The molecule has 2 aliphatic rings. The van der Waals surface area contributed by atoms with Crippen LogP contribution >= 0.6 is 12.2 Å². The number of piperidine rings is 1. The van der Waals surface area contributed by atoms with E-state index in [0.717, 1.165) is 4.90 Å². The second-order valence-corrected chi connectivity index (χ2v) is 6.65. The van der Waals surface area contributed by atoms with E-state index in [0.29, 0.717) is 5.56 Å². The summed E-state index contributed by atoms with van der Waals surface area (Å²) < 4.78 is 5.22. The lowest BCUT2D eigenvalue weighted by Gasteiger charge is -2.38. The molecule has 2 aliphatic heterocycles. The van der Waals surface area contributed by atoms with Gasteiger partial charge in [-0.1, -0.05) is 0 Å². The van der Waals surface area contributed by atoms with Crippen molar-refractivity contribution in [3.05, 3.63) is 34.2 Å². The Labute approximate surface area is 151 Å². The highest BCUT2D eigenvalue weighted by molar-refractivity contribution is 7.71. The van der Waals surface area contributed by atoms with Crippen LogP contribution in [0.1, 0.15) is 40.5 Å². The topological polar surface area (TPSA) is 125 Å². The Balaban J connectivity index is 1.76. The molecule has 1 atom stereocenters. The molecule has 1 aromatic heterocycles. The van der Waals surface area contributed by atoms with Gasteiger partial charge in [-0.25, -0.2) is 5.10 Å². The molecule has 2 aromatic rings. The predicted octanol–water partition coefficient (Wildman–Crippen LogP) is 1.19. The van der Waals surface area contributed by atoms with Gasteiger partial charge in [-0.3, -0.25) is 29.4 Å². The van der Waals surface area contributed by atoms with Crippen LogP contribution in [0.4, 0.5) is 0 Å². The standard InChI is InChI=1S/C16H12N4O5S/c1-16(5-4-10(21)17-14(16)24)20-12(22)8-3-2-7(6-9(8)13(20)23)11-18-19-15(26)25-11/h2-3,6H,4-5H2,1H3,(H,19,26)(H,17,21,24)/t16-/m1/s1. The summed E-state index contributed by atoms with van der Waals surface area (Å²) in [5.74, 6) is -2.09. The first-order chi connectivity index (χ1) is 12.3. The van der Waals surface area contributed by atoms with Gasteiger partial charge in [0.25, 0.3) is 22.6 Å². The molecule has 0 spiro atoms. The van der Waals surface area contributed by atoms with Gasteiger partial charge >= 0.3 is 0 Å². The van der Waals surface area contributed by atoms with Crippen molar-refractivity contribution in [1.82, 2.24) is 20.4 Å². The molecule has 3 heterocycles. The normalized spacial score (nSPS) is 22.6. The van der Waals surface area contributed by atoms with Crippen LogP contribution in [0.5, 0.6) is 0 Å². The summed E-state index contributed by atoms with van der Waals surface area (Å²) in [7, 11) is 0. The second kappa shape index (κ2) is 5.43. The highest BCUT2D eigenvalue weighted by Gasteiger charge is 2.52. The van der Waals surface area contributed by atoms with E-state index in [4.69, 9.17) is 16.6 Å². The highest BCUT2D eigenvalue weighted by Crippen LogP contribution is 2.35. The molecule has 0 unspecified atom stereocenters. The lowest BCUT2D eigenvalue weighted by Crippen LogP contribution is -2.62. The Bertz CT molecular complexity index is 1050. The first-order valence-electron chi connectivity index (χ1n) is 7.74. The number of imide groups is 2. The van der Waals surface area contributed by atoms with Crippen LogP contribution in [0, 0.1) is 4.84 Å². The molecule has 2 N–H and O–H groups in total. The van der Waals surface area contributed by atoms with Gasteiger partial charge in [-0.05, 0) is 43.8 Å². The van der Waals surface area contributed by atoms with Crippen LogP contribution < -0.4 is 5.32 Å². The van der Waals surface area contributed by atoms with E-state index in [9.17, 15) is 19.2 Å². The number of carbonyl (C=O) groups is 4. The van der Waals surface area contributed by atoms with E-state index in [1.54, 1.807) is 6.07 Å². The van der Waals surface area contributed by atoms with Crippen LogP contribution in [0.25, 0.3) is 11.5 Å². The van der Waals surface area contributed by atoms with Crippen molar-refractivity contribution in [3.63, 3.8) is 0 Å². The minimum Gasteiger partial charge on any atom is -0.409 e. The molecule has 1 saturated heterocycles. The van der Waals surface area contributed by atoms with E-state index in [1.807, 2.05) is 0 Å². The Hall–Kier alpha value is -3.14. The minimum absolute atomic E-state index is 0.0503. The van der Waals surface area contributed by atoms with Gasteiger partial charge in [0.1, 0.15) is 5.54 Å². The molecule has 1 aromatic carbocycles. The van der Waals surface area contributed by atoms with Gasteiger partial charge in [0.05, 0.1) is 11.1 Å². The fourth-order valence-corrected chi connectivity index (χ4v) is 3.31. The monoisotopic (exact) mass is 372 g/mol. The average Bonchev–Trinajstić information content (AvgIpc) is 3.14. The van der Waals surface area contributed by atoms with E-state index in [2.05, 4.69) is 15.5 Å². The summed E-state index contributed by atoms with van der Waals surface area (Å²) in [6.45, 7) is 1.48. The van der Waals surface area contributed by atoms with Gasteiger partial charge in [0, 0.05) is 12.0 Å². The fraction of sp³-hybridized carbons (Fsp3) is 0.250. The second-order valence-electron chi connectivity index (χ2n) is 6.28. The summed E-state index contributed by atoms with van der Waals surface area (Å²) in [5.41, 5.74) is -0.639. The zero-order chi connectivity index (χ0) is 18.6. The quantitative estimate of drug-likeness (QED) is 0.599. The molecule has 1 fully saturated rings. The summed E-state index contributed by atoms with van der Waals surface area (Å²) >= 11 is 4.83. The largest absolute Gasteiger partial charge is 0.409 e. The SMILES string of the molecule is C[C@@]1(N2C(=O)c3ccc(-c4n[nH]c(=S)o4)cc3C2=O)CCC(=O)NC1=O. The van der Waals surface area contributed by atoms with Gasteiger partial charge in [0.2, 0.25) is 11.8 Å². The van der Waals surface area contributed by atoms with Crippen molar-refractivity contribution >= 4 is 35.8 Å². The molecule has 0 bridgehead atoms. The molecular formula is C16H12N4O5S. The number of H-pyrrole nitrogens is 1. The molecule has 9 nitrogen and oxygen atoms in total. The summed E-state index contributed by atoms with van der Waals surface area (Å²) in [6.07, 6.45) is 0.124. The Morgan fingerprint density at radius 1 is 1.19 bits per heavy atom. The third-order valence-corrected chi connectivity index (χ3v) is 4.82. The van der Waals surface area contributed by atoms with E-state index in [-0.39, 0.29) is 34.7 Å². The van der Waals surface area contributed by atoms with Gasteiger partial charge in [-0.15, -0.1) is 5.10 Å². The molecular weight excluding hydrogens is 360 g/mol. The van der Waals surface area contributed by atoms with Crippen molar-refractivity contribution in [2.75, 3.05) is 0 Å². The predicted molar refractivity (Wildman–Crippen MR) is 88.4 cm³/mol. The third kappa shape index (κ3) is 2.22. The minimum atomic E-state index is -1.42. The van der Waals surface area contributed by atoms with Crippen molar-refractivity contribution < 1.29 is 23.6 Å². The average molecular weight is 372 g/mol. The van der Waals surface area contributed by atoms with Crippen LogP contribution in [0.15, 0.2) is 22.6 Å². The molecule has 4 amide bonds. The molecule has 132 valence electrons. The molecule has 10 heteroatoms. The number of nitrogens with zero attached hydrogens (tertiary/aromatic N) is 2. The summed E-state index contributed by atoms with van der Waals surface area (Å²) in [6, 6.07) is 4.53. The fourth-order valence-electron chi connectivity index (χ4n) is 3.18. The first-order valence-corrected chi connectivity index (χ1v) is 8.15. The van der Waals surface area contributed by atoms with Gasteiger partial charge < -0.3 is 4.42 Å². The maximum Gasteiger partial charge on any atom is 0.284 e. The molecule has 0 saturated carbocycles. The maximum absolute atomic E-state index is 12.9. The lowest BCUT2D eigenvalue weighted by atomic mass is 9.89.